The lowest BCUT2D eigenvalue weighted by Gasteiger charge is -2.10. The van der Waals surface area contributed by atoms with Crippen LogP contribution in [0.5, 0.6) is 11.5 Å². The van der Waals surface area contributed by atoms with Crippen molar-refractivity contribution in [2.24, 2.45) is 0 Å². The Morgan fingerprint density at radius 3 is 2.74 bits per heavy atom. The van der Waals surface area contributed by atoms with Crippen molar-refractivity contribution in [2.45, 2.75) is 13.5 Å². The van der Waals surface area contributed by atoms with Gasteiger partial charge in [0.15, 0.2) is 0 Å². The molecule has 2 heterocycles. The summed E-state index contributed by atoms with van der Waals surface area (Å²) in [5, 5.41) is 14.8. The van der Waals surface area contributed by atoms with Crippen molar-refractivity contribution in [3.63, 3.8) is 0 Å². The molecule has 0 fully saturated rings. The summed E-state index contributed by atoms with van der Waals surface area (Å²) in [4.78, 5) is 16.6. The predicted octanol–water partition coefficient (Wildman–Crippen LogP) is 4.28. The Kier molecular flexibility index (Phi) is 5.83. The Hall–Kier alpha value is -3.89. The van der Waals surface area contributed by atoms with Gasteiger partial charge in [0.1, 0.15) is 23.8 Å². The van der Waals surface area contributed by atoms with E-state index in [1.807, 2.05) is 25.1 Å². The molecule has 154 valence electrons. The first-order chi connectivity index (χ1) is 15.1. The first-order valence-electron chi connectivity index (χ1n) is 9.51. The molecule has 0 aliphatic carbocycles. The minimum absolute atomic E-state index is 0.0184. The maximum atomic E-state index is 12.3. The van der Waals surface area contributed by atoms with Gasteiger partial charge in [-0.2, -0.15) is 10.4 Å². The minimum atomic E-state index is -0.250. The molecule has 0 aliphatic heterocycles. The Morgan fingerprint density at radius 1 is 1.10 bits per heavy atom. The fourth-order valence-electron chi connectivity index (χ4n) is 3.04. The Bertz CT molecular complexity index is 1360. The van der Waals surface area contributed by atoms with Crippen molar-refractivity contribution in [3.05, 3.63) is 87.4 Å². The summed E-state index contributed by atoms with van der Waals surface area (Å²) in [5.41, 5.74) is 1.76. The van der Waals surface area contributed by atoms with Crippen molar-refractivity contribution < 1.29 is 9.47 Å². The smallest absolute Gasteiger partial charge is 0.206 e. The summed E-state index contributed by atoms with van der Waals surface area (Å²) in [6, 6.07) is 15.7. The molecule has 2 aromatic heterocycles. The molecule has 0 aliphatic rings. The number of rotatable bonds is 6. The first-order valence-corrected chi connectivity index (χ1v) is 9.89. The van der Waals surface area contributed by atoms with Crippen LogP contribution in [0.1, 0.15) is 18.2 Å². The maximum Gasteiger partial charge on any atom is 0.206 e. The van der Waals surface area contributed by atoms with Gasteiger partial charge in [-0.1, -0.05) is 11.6 Å². The normalized spacial score (nSPS) is 10.6. The van der Waals surface area contributed by atoms with Crippen molar-refractivity contribution in [3.8, 4) is 23.3 Å². The molecule has 8 heteroatoms. The SMILES string of the molecule is CCOc1cnc2ccc(OCc3nn(-c4cc(Cl)cc(C#N)c4)ccc3=O)cc2c1. The highest BCUT2D eigenvalue weighted by atomic mass is 35.5. The van der Waals surface area contributed by atoms with E-state index in [1.165, 1.54) is 16.9 Å². The second kappa shape index (κ2) is 8.86. The standard InChI is InChI=1S/C23H17ClN4O3/c1-2-30-20-10-16-9-19(3-4-21(16)26-13-20)31-14-22-23(29)5-6-28(27-22)18-8-15(12-25)7-17(24)11-18/h3-11,13H,2,14H2,1H3. The molecule has 31 heavy (non-hydrogen) atoms. The van der Waals surface area contributed by atoms with E-state index >= 15 is 0 Å². The highest BCUT2D eigenvalue weighted by Crippen LogP contribution is 2.23. The van der Waals surface area contributed by atoms with Crippen molar-refractivity contribution >= 4 is 22.5 Å². The van der Waals surface area contributed by atoms with Crippen LogP contribution in [0.25, 0.3) is 16.6 Å². The molecule has 0 bridgehead atoms. The summed E-state index contributed by atoms with van der Waals surface area (Å²) in [5.74, 6) is 1.26. The van der Waals surface area contributed by atoms with Crippen LogP contribution in [0.2, 0.25) is 5.02 Å². The van der Waals surface area contributed by atoms with E-state index in [0.29, 0.717) is 34.4 Å². The van der Waals surface area contributed by atoms with Crippen molar-refractivity contribution in [1.29, 1.82) is 5.26 Å². The number of benzene rings is 2. The largest absolute Gasteiger partial charge is 0.492 e. The molecule has 0 saturated carbocycles. The second-order valence-corrected chi connectivity index (χ2v) is 7.06. The maximum absolute atomic E-state index is 12.3. The number of aromatic nitrogens is 3. The molecule has 0 unspecified atom stereocenters. The number of fused-ring (bicyclic) bond motifs is 1. The summed E-state index contributed by atoms with van der Waals surface area (Å²) < 4.78 is 12.8. The second-order valence-electron chi connectivity index (χ2n) is 6.63. The molecule has 4 aromatic rings. The Balaban J connectivity index is 1.59. The van der Waals surface area contributed by atoms with Crippen LogP contribution >= 0.6 is 11.6 Å². The summed E-state index contributed by atoms with van der Waals surface area (Å²) in [7, 11) is 0. The van der Waals surface area contributed by atoms with Gasteiger partial charge >= 0.3 is 0 Å². The molecule has 0 N–H and O–H groups in total. The molecule has 0 atom stereocenters. The lowest BCUT2D eigenvalue weighted by Crippen LogP contribution is -2.18. The Labute approximate surface area is 183 Å². The van der Waals surface area contributed by atoms with E-state index < -0.39 is 0 Å². The predicted molar refractivity (Wildman–Crippen MR) is 117 cm³/mol. The minimum Gasteiger partial charge on any atom is -0.492 e. The fourth-order valence-corrected chi connectivity index (χ4v) is 3.27. The van der Waals surface area contributed by atoms with Gasteiger partial charge in [-0.3, -0.25) is 9.78 Å². The summed E-state index contributed by atoms with van der Waals surface area (Å²) in [6.07, 6.45) is 3.20. The van der Waals surface area contributed by atoms with Crippen LogP contribution in [0, 0.1) is 11.3 Å². The zero-order chi connectivity index (χ0) is 21.8. The monoisotopic (exact) mass is 432 g/mol. The van der Waals surface area contributed by atoms with Gasteiger partial charge in [-0.05, 0) is 49.4 Å². The third-order valence-electron chi connectivity index (χ3n) is 4.47. The number of pyridine rings is 1. The van der Waals surface area contributed by atoms with E-state index in [2.05, 4.69) is 16.2 Å². The molecule has 2 aromatic carbocycles. The van der Waals surface area contributed by atoms with Crippen LogP contribution in [-0.2, 0) is 6.61 Å². The van der Waals surface area contributed by atoms with Crippen LogP contribution in [0.3, 0.4) is 0 Å². The average Bonchev–Trinajstić information content (AvgIpc) is 2.78. The molecular weight excluding hydrogens is 416 g/mol. The van der Waals surface area contributed by atoms with Crippen molar-refractivity contribution in [2.75, 3.05) is 6.61 Å². The third kappa shape index (κ3) is 4.65. The first kappa shape index (κ1) is 20.4. The summed E-state index contributed by atoms with van der Waals surface area (Å²) in [6.45, 7) is 2.45. The van der Waals surface area contributed by atoms with Crippen molar-refractivity contribution in [1.82, 2.24) is 14.8 Å². The van der Waals surface area contributed by atoms with Gasteiger partial charge in [0.05, 0.1) is 35.6 Å². The summed E-state index contributed by atoms with van der Waals surface area (Å²) >= 11 is 6.08. The van der Waals surface area contributed by atoms with Crippen LogP contribution in [0.4, 0.5) is 0 Å². The van der Waals surface area contributed by atoms with Gasteiger partial charge < -0.3 is 9.47 Å². The molecule has 0 radical (unpaired) electrons. The van der Waals surface area contributed by atoms with E-state index in [4.69, 9.17) is 26.3 Å². The average molecular weight is 433 g/mol. The van der Waals surface area contributed by atoms with E-state index in [-0.39, 0.29) is 17.7 Å². The van der Waals surface area contributed by atoms with E-state index in [9.17, 15) is 4.79 Å². The molecule has 0 spiro atoms. The number of hydrogen-bond donors (Lipinski definition) is 0. The number of hydrogen-bond acceptors (Lipinski definition) is 6. The van der Waals surface area contributed by atoms with Crippen LogP contribution < -0.4 is 14.9 Å². The lowest BCUT2D eigenvalue weighted by atomic mass is 10.2. The van der Waals surface area contributed by atoms with Gasteiger partial charge in [0, 0.05) is 22.7 Å². The van der Waals surface area contributed by atoms with Gasteiger partial charge in [-0.15, -0.1) is 0 Å². The quantitative estimate of drug-likeness (QED) is 0.451. The zero-order valence-corrected chi connectivity index (χ0v) is 17.3. The zero-order valence-electron chi connectivity index (χ0n) is 16.6. The third-order valence-corrected chi connectivity index (χ3v) is 4.69. The fraction of sp³-hybridized carbons (Fsp3) is 0.130. The van der Waals surface area contributed by atoms with E-state index in [1.54, 1.807) is 30.5 Å². The lowest BCUT2D eigenvalue weighted by molar-refractivity contribution is 0.298. The number of ether oxygens (including phenoxy) is 2. The Morgan fingerprint density at radius 2 is 1.94 bits per heavy atom. The number of nitriles is 1. The van der Waals surface area contributed by atoms with Gasteiger partial charge in [0.2, 0.25) is 5.43 Å². The molecule has 0 saturated heterocycles. The van der Waals surface area contributed by atoms with Gasteiger partial charge in [0.25, 0.3) is 0 Å². The number of halogens is 1. The molecule has 4 rings (SSSR count). The van der Waals surface area contributed by atoms with Crippen LogP contribution in [-0.4, -0.2) is 21.4 Å². The number of nitrogens with zero attached hydrogens (tertiary/aromatic N) is 4. The van der Waals surface area contributed by atoms with E-state index in [0.717, 1.165) is 10.9 Å². The molecule has 0 amide bonds. The highest BCUT2D eigenvalue weighted by Gasteiger charge is 2.08. The highest BCUT2D eigenvalue weighted by molar-refractivity contribution is 6.30. The molecule has 7 nitrogen and oxygen atoms in total. The topological polar surface area (TPSA) is 90.0 Å². The molecular formula is C23H17ClN4O3. The van der Waals surface area contributed by atoms with Gasteiger partial charge in [-0.25, -0.2) is 4.68 Å². The van der Waals surface area contributed by atoms with Crippen LogP contribution in [0.15, 0.2) is 65.7 Å².